The molecule has 6 heteroatoms. The van der Waals surface area contributed by atoms with Crippen LogP contribution in [0.2, 0.25) is 0 Å². The first-order valence-electron chi connectivity index (χ1n) is 7.42. The normalized spacial score (nSPS) is 24.8. The number of rotatable bonds is 3. The number of carbonyl (C=O) groups excluding carboxylic acids is 1. The van der Waals surface area contributed by atoms with Gasteiger partial charge in [-0.1, -0.05) is 0 Å². The van der Waals surface area contributed by atoms with Crippen LogP contribution < -0.4 is 5.32 Å². The van der Waals surface area contributed by atoms with Gasteiger partial charge in [-0.15, -0.1) is 0 Å². The van der Waals surface area contributed by atoms with Crippen LogP contribution in [0.1, 0.15) is 41.5 Å². The first-order valence-corrected chi connectivity index (χ1v) is 7.42. The second kappa shape index (κ2) is 5.83. The van der Waals surface area contributed by atoms with Gasteiger partial charge in [0.2, 0.25) is 0 Å². The fourth-order valence-corrected chi connectivity index (χ4v) is 2.34. The lowest BCUT2D eigenvalue weighted by Gasteiger charge is -2.45. The summed E-state index contributed by atoms with van der Waals surface area (Å²) in [6.07, 6.45) is 0. The van der Waals surface area contributed by atoms with Gasteiger partial charge in [-0.2, -0.15) is 0 Å². The highest BCUT2D eigenvalue weighted by Gasteiger charge is 2.45. The minimum atomic E-state index is -1.05. The van der Waals surface area contributed by atoms with Crippen molar-refractivity contribution in [2.45, 2.75) is 59.2 Å². The smallest absolute Gasteiger partial charge is 0.317 e. The van der Waals surface area contributed by atoms with Crippen molar-refractivity contribution >= 4 is 12.0 Å². The zero-order chi connectivity index (χ0) is 16.6. The Kier molecular flexibility index (Phi) is 4.93. The molecule has 2 atom stereocenters. The summed E-state index contributed by atoms with van der Waals surface area (Å²) in [5.41, 5.74) is -1.89. The van der Waals surface area contributed by atoms with Gasteiger partial charge in [0, 0.05) is 25.2 Å². The SMILES string of the molecule is CC1CN(C(=O)NC(C)(C)C(C)(C)C(=O)O)CC(C)N1C. The maximum absolute atomic E-state index is 12.5. The summed E-state index contributed by atoms with van der Waals surface area (Å²) in [5, 5.41) is 12.2. The first-order chi connectivity index (χ1) is 9.40. The molecule has 0 spiro atoms. The lowest BCUT2D eigenvalue weighted by Crippen LogP contribution is -2.63. The number of hydrogen-bond acceptors (Lipinski definition) is 3. The molecule has 2 amide bonds. The van der Waals surface area contributed by atoms with Crippen LogP contribution in [0.15, 0.2) is 0 Å². The highest BCUT2D eigenvalue weighted by molar-refractivity contribution is 5.79. The number of carbonyl (C=O) groups is 2. The molecule has 0 radical (unpaired) electrons. The summed E-state index contributed by atoms with van der Waals surface area (Å²) in [4.78, 5) is 27.9. The molecule has 1 fully saturated rings. The quantitative estimate of drug-likeness (QED) is 0.830. The Morgan fingerprint density at radius 3 is 1.90 bits per heavy atom. The van der Waals surface area contributed by atoms with Gasteiger partial charge in [0.15, 0.2) is 0 Å². The minimum Gasteiger partial charge on any atom is -0.481 e. The fourth-order valence-electron chi connectivity index (χ4n) is 2.34. The van der Waals surface area contributed by atoms with Crippen LogP contribution in [0, 0.1) is 5.41 Å². The van der Waals surface area contributed by atoms with Crippen molar-refractivity contribution in [3.05, 3.63) is 0 Å². The van der Waals surface area contributed by atoms with Gasteiger partial charge in [0.25, 0.3) is 0 Å². The maximum Gasteiger partial charge on any atom is 0.317 e. The minimum absolute atomic E-state index is 0.193. The molecule has 0 saturated carbocycles. The molecule has 1 rings (SSSR count). The number of likely N-dealkylation sites (N-methyl/N-ethyl adjacent to an activating group) is 1. The van der Waals surface area contributed by atoms with Crippen molar-refractivity contribution in [1.29, 1.82) is 0 Å². The van der Waals surface area contributed by atoms with E-state index in [0.717, 1.165) is 0 Å². The lowest BCUT2D eigenvalue weighted by atomic mass is 9.74. The number of piperazine rings is 1. The third kappa shape index (κ3) is 3.48. The van der Waals surface area contributed by atoms with Crippen molar-refractivity contribution in [3.8, 4) is 0 Å². The van der Waals surface area contributed by atoms with E-state index in [-0.39, 0.29) is 18.1 Å². The van der Waals surface area contributed by atoms with Crippen LogP contribution in [0.5, 0.6) is 0 Å². The van der Waals surface area contributed by atoms with Gasteiger partial charge < -0.3 is 15.3 Å². The van der Waals surface area contributed by atoms with Gasteiger partial charge in [-0.05, 0) is 48.6 Å². The van der Waals surface area contributed by atoms with E-state index in [1.54, 1.807) is 32.6 Å². The van der Waals surface area contributed by atoms with Gasteiger partial charge in [0.05, 0.1) is 11.0 Å². The molecule has 1 saturated heterocycles. The van der Waals surface area contributed by atoms with E-state index in [1.807, 2.05) is 0 Å². The van der Waals surface area contributed by atoms with E-state index >= 15 is 0 Å². The Balaban J connectivity index is 2.79. The van der Waals surface area contributed by atoms with Crippen LogP contribution in [0.3, 0.4) is 0 Å². The number of aliphatic carboxylic acids is 1. The molecule has 0 aromatic carbocycles. The van der Waals surface area contributed by atoms with Crippen molar-refractivity contribution in [1.82, 2.24) is 15.1 Å². The number of carboxylic acids is 1. The Labute approximate surface area is 127 Å². The predicted molar refractivity (Wildman–Crippen MR) is 82.3 cm³/mol. The highest BCUT2D eigenvalue weighted by atomic mass is 16.4. The maximum atomic E-state index is 12.5. The average molecular weight is 299 g/mol. The molecular formula is C15H29N3O3. The van der Waals surface area contributed by atoms with Gasteiger partial charge in [0.1, 0.15) is 0 Å². The Morgan fingerprint density at radius 1 is 1.10 bits per heavy atom. The van der Waals surface area contributed by atoms with Gasteiger partial charge >= 0.3 is 12.0 Å². The molecule has 1 aliphatic rings. The number of urea groups is 1. The molecule has 122 valence electrons. The van der Waals surface area contributed by atoms with Crippen molar-refractivity contribution in [3.63, 3.8) is 0 Å². The summed E-state index contributed by atoms with van der Waals surface area (Å²) in [6, 6.07) is 0.381. The fraction of sp³-hybridized carbons (Fsp3) is 0.867. The van der Waals surface area contributed by atoms with Crippen molar-refractivity contribution < 1.29 is 14.7 Å². The van der Waals surface area contributed by atoms with E-state index in [4.69, 9.17) is 0 Å². The first kappa shape index (κ1) is 17.8. The molecule has 0 aromatic heterocycles. The molecule has 1 aliphatic heterocycles. The van der Waals surface area contributed by atoms with E-state index in [0.29, 0.717) is 13.1 Å². The molecule has 6 nitrogen and oxygen atoms in total. The highest BCUT2D eigenvalue weighted by Crippen LogP contribution is 2.31. The molecule has 0 aliphatic carbocycles. The number of carboxylic acid groups (broad SMARTS) is 1. The van der Waals surface area contributed by atoms with Crippen LogP contribution >= 0.6 is 0 Å². The van der Waals surface area contributed by atoms with Crippen LogP contribution in [0.25, 0.3) is 0 Å². The molecule has 0 aromatic rings. The molecule has 1 heterocycles. The average Bonchev–Trinajstić information content (AvgIpc) is 2.34. The Bertz CT molecular complexity index is 408. The number of amides is 2. The summed E-state index contributed by atoms with van der Waals surface area (Å²) in [5.74, 6) is -0.923. The zero-order valence-electron chi connectivity index (χ0n) is 14.2. The summed E-state index contributed by atoms with van der Waals surface area (Å²) in [6.45, 7) is 12.2. The third-order valence-corrected chi connectivity index (χ3v) is 5.16. The van der Waals surface area contributed by atoms with Gasteiger partial charge in [-0.3, -0.25) is 9.69 Å². The van der Waals surface area contributed by atoms with E-state index < -0.39 is 16.9 Å². The molecule has 21 heavy (non-hydrogen) atoms. The van der Waals surface area contributed by atoms with Gasteiger partial charge in [-0.25, -0.2) is 4.79 Å². The molecular weight excluding hydrogens is 270 g/mol. The summed E-state index contributed by atoms with van der Waals surface area (Å²) in [7, 11) is 2.06. The second-order valence-corrected chi connectivity index (χ2v) is 7.25. The van der Waals surface area contributed by atoms with Crippen LogP contribution in [-0.2, 0) is 4.79 Å². The predicted octanol–water partition coefficient (Wildman–Crippen LogP) is 1.61. The monoisotopic (exact) mass is 299 g/mol. The summed E-state index contributed by atoms with van der Waals surface area (Å²) < 4.78 is 0. The zero-order valence-corrected chi connectivity index (χ0v) is 14.2. The number of nitrogens with one attached hydrogen (secondary N) is 1. The topological polar surface area (TPSA) is 72.9 Å². The molecule has 0 bridgehead atoms. The van der Waals surface area contributed by atoms with Crippen LogP contribution in [0.4, 0.5) is 4.79 Å². The van der Waals surface area contributed by atoms with Crippen LogP contribution in [-0.4, -0.2) is 64.7 Å². The third-order valence-electron chi connectivity index (χ3n) is 5.16. The standard InChI is InChI=1S/C15H29N3O3/c1-10-8-18(9-11(2)17(10)7)13(21)16-15(5,6)14(3,4)12(19)20/h10-11H,8-9H2,1-7H3,(H,16,21)(H,19,20). The van der Waals surface area contributed by atoms with E-state index in [1.165, 1.54) is 0 Å². The lowest BCUT2D eigenvalue weighted by molar-refractivity contribution is -0.150. The number of nitrogens with zero attached hydrogens (tertiary/aromatic N) is 2. The Morgan fingerprint density at radius 2 is 1.52 bits per heavy atom. The number of hydrogen-bond donors (Lipinski definition) is 2. The van der Waals surface area contributed by atoms with E-state index in [2.05, 4.69) is 31.1 Å². The second-order valence-electron chi connectivity index (χ2n) is 7.25. The van der Waals surface area contributed by atoms with Crippen molar-refractivity contribution in [2.75, 3.05) is 20.1 Å². The molecule has 2 unspecified atom stereocenters. The largest absolute Gasteiger partial charge is 0.481 e. The van der Waals surface area contributed by atoms with E-state index in [9.17, 15) is 14.7 Å². The Hall–Kier alpha value is -1.30. The molecule has 2 N–H and O–H groups in total. The van der Waals surface area contributed by atoms with Crippen molar-refractivity contribution in [2.24, 2.45) is 5.41 Å². The summed E-state index contributed by atoms with van der Waals surface area (Å²) >= 11 is 0.